The van der Waals surface area contributed by atoms with E-state index in [4.69, 9.17) is 0 Å². The maximum atomic E-state index is 12.4. The molecule has 0 N–H and O–H groups in total. The number of thiophene rings is 1. The summed E-state index contributed by atoms with van der Waals surface area (Å²) in [6, 6.07) is 2.36. The van der Waals surface area contributed by atoms with Crippen LogP contribution in [-0.2, 0) is 0 Å². The molecule has 1 atom stereocenters. The number of carbonyl (C=O) groups excluding carboxylic acids is 1. The SMILES string of the molecule is CC(C)C1CCCN1C(=O)c1sccc1Br. The van der Waals surface area contributed by atoms with E-state index in [0.29, 0.717) is 12.0 Å². The topological polar surface area (TPSA) is 20.3 Å². The maximum Gasteiger partial charge on any atom is 0.265 e. The number of carbonyl (C=O) groups is 1. The van der Waals surface area contributed by atoms with Gasteiger partial charge in [0.1, 0.15) is 4.88 Å². The molecule has 0 radical (unpaired) electrons. The van der Waals surface area contributed by atoms with Gasteiger partial charge in [-0.05, 0) is 46.1 Å². The molecule has 16 heavy (non-hydrogen) atoms. The van der Waals surface area contributed by atoms with Crippen molar-refractivity contribution in [2.75, 3.05) is 6.54 Å². The molecular formula is C12H16BrNOS. The van der Waals surface area contributed by atoms with Crippen LogP contribution >= 0.6 is 27.3 Å². The first kappa shape index (κ1) is 12.1. The average molecular weight is 302 g/mol. The minimum absolute atomic E-state index is 0.193. The van der Waals surface area contributed by atoms with Crippen molar-refractivity contribution >= 4 is 33.2 Å². The second-order valence-electron chi connectivity index (χ2n) is 4.55. The van der Waals surface area contributed by atoms with Crippen LogP contribution < -0.4 is 0 Å². The van der Waals surface area contributed by atoms with Crippen LogP contribution in [0.2, 0.25) is 0 Å². The molecule has 1 aromatic heterocycles. The molecule has 88 valence electrons. The van der Waals surface area contributed by atoms with Crippen molar-refractivity contribution in [2.45, 2.75) is 32.7 Å². The van der Waals surface area contributed by atoms with E-state index in [1.54, 1.807) is 0 Å². The van der Waals surface area contributed by atoms with E-state index in [0.717, 1.165) is 28.7 Å². The van der Waals surface area contributed by atoms with Gasteiger partial charge in [0, 0.05) is 17.1 Å². The molecule has 0 spiro atoms. The lowest BCUT2D eigenvalue weighted by atomic mass is 10.0. The second-order valence-corrected chi connectivity index (χ2v) is 6.32. The lowest BCUT2D eigenvalue weighted by Gasteiger charge is -2.27. The molecular weight excluding hydrogens is 286 g/mol. The number of hydrogen-bond donors (Lipinski definition) is 0. The van der Waals surface area contributed by atoms with Crippen molar-refractivity contribution in [1.29, 1.82) is 0 Å². The van der Waals surface area contributed by atoms with E-state index in [9.17, 15) is 4.79 Å². The highest BCUT2D eigenvalue weighted by molar-refractivity contribution is 9.10. The minimum atomic E-state index is 0.193. The van der Waals surface area contributed by atoms with Crippen LogP contribution in [0.1, 0.15) is 36.4 Å². The fourth-order valence-electron chi connectivity index (χ4n) is 2.31. The summed E-state index contributed by atoms with van der Waals surface area (Å²) in [5.74, 6) is 0.739. The molecule has 2 heterocycles. The van der Waals surface area contributed by atoms with Crippen molar-refractivity contribution in [2.24, 2.45) is 5.92 Å². The van der Waals surface area contributed by atoms with Crippen LogP contribution in [0.25, 0.3) is 0 Å². The molecule has 4 heteroatoms. The van der Waals surface area contributed by atoms with Gasteiger partial charge in [-0.15, -0.1) is 11.3 Å². The van der Waals surface area contributed by atoms with Gasteiger partial charge in [-0.3, -0.25) is 4.79 Å². The highest BCUT2D eigenvalue weighted by atomic mass is 79.9. The minimum Gasteiger partial charge on any atom is -0.335 e. The molecule has 1 aliphatic heterocycles. The van der Waals surface area contributed by atoms with Crippen molar-refractivity contribution in [3.8, 4) is 0 Å². The fourth-order valence-corrected chi connectivity index (χ4v) is 3.81. The molecule has 1 saturated heterocycles. The van der Waals surface area contributed by atoms with Gasteiger partial charge in [-0.25, -0.2) is 0 Å². The second kappa shape index (κ2) is 4.88. The first-order valence-electron chi connectivity index (χ1n) is 5.65. The molecule has 2 nitrogen and oxygen atoms in total. The highest BCUT2D eigenvalue weighted by Gasteiger charge is 2.32. The van der Waals surface area contributed by atoms with Crippen molar-refractivity contribution in [3.63, 3.8) is 0 Å². The van der Waals surface area contributed by atoms with Gasteiger partial charge in [0.05, 0.1) is 0 Å². The molecule has 0 aliphatic carbocycles. The molecule has 1 unspecified atom stereocenters. The molecule has 0 aromatic carbocycles. The van der Waals surface area contributed by atoms with E-state index in [-0.39, 0.29) is 5.91 Å². The van der Waals surface area contributed by atoms with Gasteiger partial charge in [0.2, 0.25) is 0 Å². The Labute approximate surface area is 109 Å². The predicted molar refractivity (Wildman–Crippen MR) is 70.9 cm³/mol. The Hall–Kier alpha value is -0.350. The summed E-state index contributed by atoms with van der Waals surface area (Å²) >= 11 is 4.95. The third kappa shape index (κ3) is 2.18. The number of nitrogens with zero attached hydrogens (tertiary/aromatic N) is 1. The summed E-state index contributed by atoms with van der Waals surface area (Å²) in [5.41, 5.74) is 0. The number of likely N-dealkylation sites (tertiary alicyclic amines) is 1. The zero-order valence-corrected chi connectivity index (χ0v) is 12.0. The molecule has 1 aromatic rings. The van der Waals surface area contributed by atoms with E-state index in [1.165, 1.54) is 11.3 Å². The normalized spacial score (nSPS) is 20.8. The smallest absolute Gasteiger partial charge is 0.265 e. The maximum absolute atomic E-state index is 12.4. The van der Waals surface area contributed by atoms with E-state index in [2.05, 4.69) is 29.8 Å². The first-order valence-corrected chi connectivity index (χ1v) is 7.32. The van der Waals surface area contributed by atoms with Crippen molar-refractivity contribution < 1.29 is 4.79 Å². The van der Waals surface area contributed by atoms with Crippen LogP contribution in [0.15, 0.2) is 15.9 Å². The van der Waals surface area contributed by atoms with Crippen LogP contribution in [0.5, 0.6) is 0 Å². The quantitative estimate of drug-likeness (QED) is 0.814. The van der Waals surface area contributed by atoms with Crippen LogP contribution in [0, 0.1) is 5.92 Å². The number of amides is 1. The summed E-state index contributed by atoms with van der Waals surface area (Å²) in [4.78, 5) is 15.2. The average Bonchev–Trinajstić information content (AvgIpc) is 2.84. The van der Waals surface area contributed by atoms with E-state index in [1.807, 2.05) is 16.3 Å². The highest BCUT2D eigenvalue weighted by Crippen LogP contribution is 2.30. The van der Waals surface area contributed by atoms with Gasteiger partial charge >= 0.3 is 0 Å². The summed E-state index contributed by atoms with van der Waals surface area (Å²) in [5, 5.41) is 1.96. The lowest BCUT2D eigenvalue weighted by Crippen LogP contribution is -2.38. The number of halogens is 1. The summed E-state index contributed by atoms with van der Waals surface area (Å²) in [7, 11) is 0. The van der Waals surface area contributed by atoms with Gasteiger partial charge in [0.25, 0.3) is 5.91 Å². The zero-order chi connectivity index (χ0) is 11.7. The Morgan fingerprint density at radius 1 is 1.62 bits per heavy atom. The largest absolute Gasteiger partial charge is 0.335 e. The third-order valence-corrected chi connectivity index (χ3v) is 4.97. The van der Waals surface area contributed by atoms with Crippen molar-refractivity contribution in [1.82, 2.24) is 4.90 Å². The third-order valence-electron chi connectivity index (χ3n) is 3.14. The van der Waals surface area contributed by atoms with Gasteiger partial charge in [-0.2, -0.15) is 0 Å². The molecule has 1 aliphatic rings. The zero-order valence-electron chi connectivity index (χ0n) is 9.57. The Balaban J connectivity index is 2.19. The van der Waals surface area contributed by atoms with Crippen LogP contribution in [0.4, 0.5) is 0 Å². The van der Waals surface area contributed by atoms with Gasteiger partial charge in [-0.1, -0.05) is 13.8 Å². The number of rotatable bonds is 2. The Bertz CT molecular complexity index is 388. The summed E-state index contributed by atoms with van der Waals surface area (Å²) in [6.45, 7) is 5.30. The fraction of sp³-hybridized carbons (Fsp3) is 0.583. The molecule has 1 fully saturated rings. The standard InChI is InChI=1S/C12H16BrNOS/c1-8(2)10-4-3-6-14(10)12(15)11-9(13)5-7-16-11/h5,7-8,10H,3-4,6H2,1-2H3. The van der Waals surface area contributed by atoms with E-state index >= 15 is 0 Å². The van der Waals surface area contributed by atoms with Crippen LogP contribution in [0.3, 0.4) is 0 Å². The Morgan fingerprint density at radius 3 is 2.94 bits per heavy atom. The van der Waals surface area contributed by atoms with E-state index < -0.39 is 0 Å². The van der Waals surface area contributed by atoms with Crippen molar-refractivity contribution in [3.05, 3.63) is 20.8 Å². The van der Waals surface area contributed by atoms with Gasteiger partial charge in [0.15, 0.2) is 0 Å². The summed E-state index contributed by atoms with van der Waals surface area (Å²) in [6.07, 6.45) is 2.28. The monoisotopic (exact) mass is 301 g/mol. The summed E-state index contributed by atoms with van der Waals surface area (Å²) < 4.78 is 0.928. The predicted octanol–water partition coefficient (Wildman–Crippen LogP) is 3.77. The molecule has 2 rings (SSSR count). The molecule has 0 saturated carbocycles. The Kier molecular flexibility index (Phi) is 3.70. The van der Waals surface area contributed by atoms with Crippen LogP contribution in [-0.4, -0.2) is 23.4 Å². The van der Waals surface area contributed by atoms with Gasteiger partial charge < -0.3 is 4.90 Å². The Morgan fingerprint density at radius 2 is 2.38 bits per heavy atom. The number of hydrogen-bond acceptors (Lipinski definition) is 2. The molecule has 1 amide bonds. The first-order chi connectivity index (χ1) is 7.61. The molecule has 0 bridgehead atoms. The lowest BCUT2D eigenvalue weighted by molar-refractivity contribution is 0.0705.